The SMILES string of the molecule is CCNC(=NCC(C)(O)c1cc(C)oc1C)NCC(C)C(=O)OC. The van der Waals surface area contributed by atoms with Gasteiger partial charge >= 0.3 is 5.97 Å². The van der Waals surface area contributed by atoms with Gasteiger partial charge in [-0.1, -0.05) is 6.92 Å². The average Bonchev–Trinajstić information content (AvgIpc) is 2.88. The number of aliphatic hydroxyl groups is 1. The van der Waals surface area contributed by atoms with Crippen molar-refractivity contribution in [1.29, 1.82) is 0 Å². The molecule has 0 aliphatic carbocycles. The highest BCUT2D eigenvalue weighted by molar-refractivity contribution is 5.80. The van der Waals surface area contributed by atoms with Crippen LogP contribution >= 0.6 is 0 Å². The van der Waals surface area contributed by atoms with Gasteiger partial charge in [0, 0.05) is 18.7 Å². The molecule has 0 aliphatic rings. The van der Waals surface area contributed by atoms with Crippen LogP contribution in [0.2, 0.25) is 0 Å². The molecule has 0 spiro atoms. The highest BCUT2D eigenvalue weighted by Crippen LogP contribution is 2.27. The van der Waals surface area contributed by atoms with Gasteiger partial charge in [0.2, 0.25) is 0 Å². The summed E-state index contributed by atoms with van der Waals surface area (Å²) in [4.78, 5) is 15.9. The smallest absolute Gasteiger partial charge is 0.310 e. The van der Waals surface area contributed by atoms with Gasteiger partial charge in [0.15, 0.2) is 5.96 Å². The number of rotatable bonds is 7. The molecule has 1 aromatic heterocycles. The minimum absolute atomic E-state index is 0.161. The summed E-state index contributed by atoms with van der Waals surface area (Å²) in [6, 6.07) is 1.82. The Labute approximate surface area is 143 Å². The van der Waals surface area contributed by atoms with Crippen LogP contribution in [0.1, 0.15) is 37.9 Å². The molecule has 0 fully saturated rings. The summed E-state index contributed by atoms with van der Waals surface area (Å²) in [5.41, 5.74) is -0.416. The molecule has 0 saturated heterocycles. The van der Waals surface area contributed by atoms with Gasteiger partial charge in [-0.15, -0.1) is 0 Å². The summed E-state index contributed by atoms with van der Waals surface area (Å²) in [5.74, 6) is 1.40. The summed E-state index contributed by atoms with van der Waals surface area (Å²) >= 11 is 0. The maximum atomic E-state index is 11.5. The van der Waals surface area contributed by atoms with Gasteiger partial charge < -0.3 is 24.9 Å². The maximum Gasteiger partial charge on any atom is 0.310 e. The molecule has 0 aliphatic heterocycles. The second-order valence-corrected chi connectivity index (χ2v) is 6.10. The van der Waals surface area contributed by atoms with Crippen molar-refractivity contribution < 1.29 is 19.1 Å². The molecule has 1 heterocycles. The van der Waals surface area contributed by atoms with Crippen molar-refractivity contribution in [3.63, 3.8) is 0 Å². The molecule has 0 radical (unpaired) electrons. The molecule has 2 unspecified atom stereocenters. The molecular weight excluding hydrogens is 310 g/mol. The van der Waals surface area contributed by atoms with E-state index in [0.29, 0.717) is 24.8 Å². The van der Waals surface area contributed by atoms with Crippen molar-refractivity contribution in [2.75, 3.05) is 26.7 Å². The number of aliphatic imine (C=N–C) groups is 1. The topological polar surface area (TPSA) is 96.1 Å². The Hall–Kier alpha value is -2.02. The van der Waals surface area contributed by atoms with E-state index in [2.05, 4.69) is 15.6 Å². The van der Waals surface area contributed by atoms with Crippen LogP contribution in [-0.2, 0) is 15.1 Å². The highest BCUT2D eigenvalue weighted by Gasteiger charge is 2.27. The summed E-state index contributed by atoms with van der Waals surface area (Å²) in [6.07, 6.45) is 0. The van der Waals surface area contributed by atoms with Crippen LogP contribution in [0.3, 0.4) is 0 Å². The van der Waals surface area contributed by atoms with Crippen molar-refractivity contribution >= 4 is 11.9 Å². The van der Waals surface area contributed by atoms with Gasteiger partial charge in [0.1, 0.15) is 17.1 Å². The zero-order valence-corrected chi connectivity index (χ0v) is 15.4. The van der Waals surface area contributed by atoms with Gasteiger partial charge in [-0.05, 0) is 33.8 Å². The number of aryl methyl sites for hydroxylation is 2. The molecule has 7 nitrogen and oxygen atoms in total. The number of furan rings is 1. The fourth-order valence-corrected chi connectivity index (χ4v) is 2.36. The van der Waals surface area contributed by atoms with Crippen LogP contribution in [-0.4, -0.2) is 43.8 Å². The third kappa shape index (κ3) is 5.56. The standard InChI is InChI=1S/C17H29N3O4/c1-7-18-16(19-9-11(2)15(21)23-6)20-10-17(5,22)14-8-12(3)24-13(14)4/h8,11,22H,7,9-10H2,1-6H3,(H2,18,19,20). The minimum Gasteiger partial charge on any atom is -0.469 e. The first kappa shape index (κ1) is 20.0. The Bertz CT molecular complexity index is 578. The number of carbonyl (C=O) groups excluding carboxylic acids is 1. The lowest BCUT2D eigenvalue weighted by Gasteiger charge is -2.22. The van der Waals surface area contributed by atoms with Crippen molar-refractivity contribution in [2.45, 2.75) is 40.2 Å². The summed E-state index contributed by atoms with van der Waals surface area (Å²) in [7, 11) is 1.37. The summed E-state index contributed by atoms with van der Waals surface area (Å²) < 4.78 is 10.2. The van der Waals surface area contributed by atoms with Gasteiger partial charge in [-0.2, -0.15) is 0 Å². The zero-order chi connectivity index (χ0) is 18.3. The molecule has 3 N–H and O–H groups in total. The molecule has 0 bridgehead atoms. The van der Waals surface area contributed by atoms with Crippen molar-refractivity contribution in [3.8, 4) is 0 Å². The largest absolute Gasteiger partial charge is 0.469 e. The van der Waals surface area contributed by atoms with Crippen LogP contribution in [0.5, 0.6) is 0 Å². The van der Waals surface area contributed by atoms with Crippen molar-refractivity contribution in [3.05, 3.63) is 23.2 Å². The molecule has 1 aromatic rings. The van der Waals surface area contributed by atoms with Crippen LogP contribution in [0.15, 0.2) is 15.5 Å². The number of hydrogen-bond acceptors (Lipinski definition) is 5. The Kier molecular flexibility index (Phi) is 7.28. The van der Waals surface area contributed by atoms with Crippen molar-refractivity contribution in [1.82, 2.24) is 10.6 Å². The van der Waals surface area contributed by atoms with Crippen LogP contribution in [0, 0.1) is 19.8 Å². The molecule has 7 heteroatoms. The first-order valence-corrected chi connectivity index (χ1v) is 8.11. The molecular formula is C17H29N3O4. The minimum atomic E-state index is -1.14. The molecule has 0 amide bonds. The van der Waals surface area contributed by atoms with Gasteiger partial charge in [0.05, 0.1) is 19.6 Å². The van der Waals surface area contributed by atoms with E-state index in [1.165, 1.54) is 7.11 Å². The lowest BCUT2D eigenvalue weighted by atomic mass is 9.96. The second-order valence-electron chi connectivity index (χ2n) is 6.10. The molecule has 0 aromatic carbocycles. The molecule has 136 valence electrons. The van der Waals surface area contributed by atoms with E-state index in [1.54, 1.807) is 13.8 Å². The Morgan fingerprint density at radius 1 is 1.46 bits per heavy atom. The number of esters is 1. The molecule has 24 heavy (non-hydrogen) atoms. The van der Waals surface area contributed by atoms with Gasteiger partial charge in [0.25, 0.3) is 0 Å². The second kappa shape index (κ2) is 8.73. The van der Waals surface area contributed by atoms with Crippen LogP contribution in [0.4, 0.5) is 0 Å². The normalized spacial score (nSPS) is 15.5. The van der Waals surface area contributed by atoms with E-state index in [1.807, 2.05) is 26.8 Å². The van der Waals surface area contributed by atoms with E-state index in [0.717, 1.165) is 11.3 Å². The predicted molar refractivity (Wildman–Crippen MR) is 92.9 cm³/mol. The Morgan fingerprint density at radius 3 is 2.62 bits per heavy atom. The monoisotopic (exact) mass is 339 g/mol. The maximum absolute atomic E-state index is 11.5. The number of guanidine groups is 1. The molecule has 2 atom stereocenters. The zero-order valence-electron chi connectivity index (χ0n) is 15.4. The predicted octanol–water partition coefficient (Wildman–Crippen LogP) is 1.47. The lowest BCUT2D eigenvalue weighted by molar-refractivity contribution is -0.144. The number of methoxy groups -OCH3 is 1. The van der Waals surface area contributed by atoms with E-state index < -0.39 is 5.60 Å². The lowest BCUT2D eigenvalue weighted by Crippen LogP contribution is -2.42. The average molecular weight is 339 g/mol. The quantitative estimate of drug-likeness (QED) is 0.395. The fraction of sp³-hybridized carbons (Fsp3) is 0.647. The Morgan fingerprint density at radius 2 is 2.12 bits per heavy atom. The summed E-state index contributed by atoms with van der Waals surface area (Å²) in [6.45, 7) is 10.3. The van der Waals surface area contributed by atoms with E-state index in [-0.39, 0.29) is 18.4 Å². The van der Waals surface area contributed by atoms with E-state index >= 15 is 0 Å². The first-order valence-electron chi connectivity index (χ1n) is 8.11. The number of carbonyl (C=O) groups is 1. The number of hydrogen-bond donors (Lipinski definition) is 3. The summed E-state index contributed by atoms with van der Waals surface area (Å²) in [5, 5.41) is 16.9. The molecule has 1 rings (SSSR count). The van der Waals surface area contributed by atoms with E-state index in [9.17, 15) is 9.90 Å². The highest BCUT2D eigenvalue weighted by atomic mass is 16.5. The third-order valence-electron chi connectivity index (χ3n) is 3.69. The fourth-order valence-electron chi connectivity index (χ4n) is 2.36. The van der Waals surface area contributed by atoms with Crippen LogP contribution < -0.4 is 10.6 Å². The van der Waals surface area contributed by atoms with Crippen molar-refractivity contribution in [2.24, 2.45) is 10.9 Å². The number of ether oxygens (including phenoxy) is 1. The third-order valence-corrected chi connectivity index (χ3v) is 3.69. The van der Waals surface area contributed by atoms with E-state index in [4.69, 9.17) is 9.15 Å². The first-order chi connectivity index (χ1) is 11.2. The van der Waals surface area contributed by atoms with Gasteiger partial charge in [-0.25, -0.2) is 4.99 Å². The molecule has 0 saturated carbocycles. The van der Waals surface area contributed by atoms with Crippen LogP contribution in [0.25, 0.3) is 0 Å². The Balaban J connectivity index is 2.77. The number of nitrogens with one attached hydrogen (secondary N) is 2. The van der Waals surface area contributed by atoms with Gasteiger partial charge in [-0.3, -0.25) is 4.79 Å². The number of nitrogens with zero attached hydrogens (tertiary/aromatic N) is 1.